The van der Waals surface area contributed by atoms with E-state index in [9.17, 15) is 9.59 Å². The summed E-state index contributed by atoms with van der Waals surface area (Å²) >= 11 is 0. The molecule has 6 nitrogen and oxygen atoms in total. The van der Waals surface area contributed by atoms with E-state index in [1.807, 2.05) is 12.1 Å². The summed E-state index contributed by atoms with van der Waals surface area (Å²) < 4.78 is 0. The number of hydrogen-bond donors (Lipinski definition) is 1. The summed E-state index contributed by atoms with van der Waals surface area (Å²) in [5.74, 6) is -0.629. The van der Waals surface area contributed by atoms with Gasteiger partial charge in [-0.1, -0.05) is 90.4 Å². The maximum Gasteiger partial charge on any atom is 0.246 e. The highest BCUT2D eigenvalue weighted by Gasteiger charge is 2.10. The van der Waals surface area contributed by atoms with Crippen LogP contribution in [0.2, 0.25) is 0 Å². The van der Waals surface area contributed by atoms with Gasteiger partial charge in [-0.05, 0) is 6.42 Å². The third-order valence-electron chi connectivity index (χ3n) is 5.51. The average Bonchev–Trinajstić information content (AvgIpc) is 2.80. The predicted molar refractivity (Wildman–Crippen MR) is 130 cm³/mol. The standard InChI is InChI=1S/C26H44N4O2/c1-2-3-4-5-6-7-8-9-10-11-12-13-14-15-22-29-25(31)18-19-26(32)30(23-16-20-27)24-17-21-28/h18-19H,2-17,22-24H2,1H3,(H,29,31)/b19-18-. The molecule has 2 amide bonds. The van der Waals surface area contributed by atoms with Crippen molar-refractivity contribution in [3.63, 3.8) is 0 Å². The number of unbranched alkanes of at least 4 members (excludes halogenated alkanes) is 13. The fourth-order valence-corrected chi connectivity index (χ4v) is 3.54. The van der Waals surface area contributed by atoms with Crippen molar-refractivity contribution in [2.24, 2.45) is 0 Å². The van der Waals surface area contributed by atoms with Crippen molar-refractivity contribution in [1.29, 1.82) is 10.5 Å². The van der Waals surface area contributed by atoms with E-state index in [1.54, 1.807) is 0 Å². The molecule has 0 fully saturated rings. The topological polar surface area (TPSA) is 97.0 Å². The molecule has 6 heteroatoms. The fourth-order valence-electron chi connectivity index (χ4n) is 3.54. The van der Waals surface area contributed by atoms with E-state index in [-0.39, 0.29) is 37.7 Å². The van der Waals surface area contributed by atoms with Gasteiger partial charge in [-0.15, -0.1) is 0 Å². The number of rotatable bonds is 21. The zero-order valence-corrected chi connectivity index (χ0v) is 20.2. The average molecular weight is 445 g/mol. The lowest BCUT2D eigenvalue weighted by atomic mass is 10.0. The Bertz CT molecular complexity index is 572. The normalized spacial score (nSPS) is 10.6. The molecule has 0 rings (SSSR count). The van der Waals surface area contributed by atoms with Gasteiger partial charge >= 0.3 is 0 Å². The number of nitriles is 2. The van der Waals surface area contributed by atoms with Crippen LogP contribution in [0.15, 0.2) is 12.2 Å². The summed E-state index contributed by atoms with van der Waals surface area (Å²) in [6.45, 7) is 3.40. The summed E-state index contributed by atoms with van der Waals surface area (Å²) in [6, 6.07) is 3.97. The molecule has 0 spiro atoms. The van der Waals surface area contributed by atoms with Crippen molar-refractivity contribution < 1.29 is 9.59 Å². The van der Waals surface area contributed by atoms with Crippen molar-refractivity contribution in [2.45, 2.75) is 110 Å². The smallest absolute Gasteiger partial charge is 0.246 e. The molecule has 0 heterocycles. The molecule has 0 radical (unpaired) electrons. The molecular formula is C26H44N4O2. The van der Waals surface area contributed by atoms with Gasteiger partial charge in [0.2, 0.25) is 11.8 Å². The largest absolute Gasteiger partial charge is 0.353 e. The molecule has 0 aromatic carbocycles. The summed E-state index contributed by atoms with van der Waals surface area (Å²) in [5.41, 5.74) is 0. The zero-order valence-electron chi connectivity index (χ0n) is 20.2. The summed E-state index contributed by atoms with van der Waals surface area (Å²) in [5, 5.41) is 20.1. The van der Waals surface area contributed by atoms with Crippen molar-refractivity contribution >= 4 is 11.8 Å². The van der Waals surface area contributed by atoms with E-state index < -0.39 is 0 Å². The Morgan fingerprint density at radius 1 is 0.719 bits per heavy atom. The van der Waals surface area contributed by atoms with E-state index in [2.05, 4.69) is 12.2 Å². The second-order valence-electron chi connectivity index (χ2n) is 8.36. The van der Waals surface area contributed by atoms with Crippen molar-refractivity contribution in [1.82, 2.24) is 10.2 Å². The second-order valence-corrected chi connectivity index (χ2v) is 8.36. The molecule has 0 aliphatic carbocycles. The summed E-state index contributed by atoms with van der Waals surface area (Å²) in [7, 11) is 0. The fraction of sp³-hybridized carbons (Fsp3) is 0.769. The minimum atomic E-state index is -0.345. The molecule has 0 unspecified atom stereocenters. The molecule has 0 atom stereocenters. The van der Waals surface area contributed by atoms with Gasteiger partial charge in [0.1, 0.15) is 0 Å². The van der Waals surface area contributed by atoms with Gasteiger partial charge in [0.15, 0.2) is 0 Å². The highest BCUT2D eigenvalue weighted by atomic mass is 16.2. The molecule has 0 bridgehead atoms. The van der Waals surface area contributed by atoms with Crippen molar-refractivity contribution in [3.05, 3.63) is 12.2 Å². The van der Waals surface area contributed by atoms with Crippen LogP contribution in [0.25, 0.3) is 0 Å². The minimum Gasteiger partial charge on any atom is -0.353 e. The monoisotopic (exact) mass is 444 g/mol. The zero-order chi connectivity index (χ0) is 23.7. The first-order valence-corrected chi connectivity index (χ1v) is 12.6. The van der Waals surface area contributed by atoms with Gasteiger partial charge in [0, 0.05) is 31.8 Å². The summed E-state index contributed by atoms with van der Waals surface area (Å²) in [6.07, 6.45) is 21.1. The van der Waals surface area contributed by atoms with Crippen LogP contribution in [0, 0.1) is 22.7 Å². The first-order valence-electron chi connectivity index (χ1n) is 12.6. The highest BCUT2D eigenvalue weighted by Crippen LogP contribution is 2.12. The number of carbonyl (C=O) groups is 2. The molecule has 0 aliphatic rings. The van der Waals surface area contributed by atoms with Gasteiger partial charge in [0.05, 0.1) is 25.0 Å². The van der Waals surface area contributed by atoms with E-state index in [0.29, 0.717) is 6.54 Å². The maximum absolute atomic E-state index is 12.1. The predicted octanol–water partition coefficient (Wildman–Crippen LogP) is 5.80. The molecule has 0 aromatic heterocycles. The lowest BCUT2D eigenvalue weighted by Crippen LogP contribution is -2.32. The molecule has 1 N–H and O–H groups in total. The molecule has 0 saturated heterocycles. The van der Waals surface area contributed by atoms with Crippen LogP contribution < -0.4 is 5.32 Å². The van der Waals surface area contributed by atoms with Gasteiger partial charge in [-0.25, -0.2) is 0 Å². The van der Waals surface area contributed by atoms with Crippen LogP contribution in [0.1, 0.15) is 110 Å². The third-order valence-corrected chi connectivity index (χ3v) is 5.51. The lowest BCUT2D eigenvalue weighted by molar-refractivity contribution is -0.126. The number of nitrogens with one attached hydrogen (secondary N) is 1. The van der Waals surface area contributed by atoms with E-state index in [4.69, 9.17) is 10.5 Å². The highest BCUT2D eigenvalue weighted by molar-refractivity contribution is 5.96. The van der Waals surface area contributed by atoms with Gasteiger partial charge in [-0.3, -0.25) is 9.59 Å². The van der Waals surface area contributed by atoms with Crippen LogP contribution in [-0.4, -0.2) is 36.3 Å². The first kappa shape index (κ1) is 29.7. The van der Waals surface area contributed by atoms with Crippen molar-refractivity contribution in [3.8, 4) is 12.1 Å². The Morgan fingerprint density at radius 3 is 1.59 bits per heavy atom. The van der Waals surface area contributed by atoms with Crippen LogP contribution in [0.3, 0.4) is 0 Å². The molecule has 0 aromatic rings. The van der Waals surface area contributed by atoms with E-state index >= 15 is 0 Å². The molecule has 180 valence electrons. The number of hydrogen-bond acceptors (Lipinski definition) is 4. The van der Waals surface area contributed by atoms with Gasteiger partial charge in [0.25, 0.3) is 0 Å². The van der Waals surface area contributed by atoms with E-state index in [0.717, 1.165) is 12.8 Å². The van der Waals surface area contributed by atoms with Gasteiger partial charge in [-0.2, -0.15) is 10.5 Å². The van der Waals surface area contributed by atoms with Crippen LogP contribution in [0.4, 0.5) is 0 Å². The SMILES string of the molecule is CCCCCCCCCCCCCCCCNC(=O)/C=C\C(=O)N(CCC#N)CCC#N. The van der Waals surface area contributed by atoms with Gasteiger partial charge < -0.3 is 10.2 Å². The summed E-state index contributed by atoms with van der Waals surface area (Å²) in [4.78, 5) is 25.4. The first-order chi connectivity index (χ1) is 15.7. The molecule has 32 heavy (non-hydrogen) atoms. The van der Waals surface area contributed by atoms with Crippen LogP contribution in [-0.2, 0) is 9.59 Å². The Kier molecular flexibility index (Phi) is 21.6. The van der Waals surface area contributed by atoms with Crippen LogP contribution in [0.5, 0.6) is 0 Å². The number of nitrogens with zero attached hydrogens (tertiary/aromatic N) is 3. The Hall–Kier alpha value is -2.34. The quantitative estimate of drug-likeness (QED) is 0.179. The molecule has 0 saturated carbocycles. The molecule has 0 aliphatic heterocycles. The third kappa shape index (κ3) is 19.6. The molecular weight excluding hydrogens is 400 g/mol. The Balaban J connectivity index is 3.65. The van der Waals surface area contributed by atoms with Crippen LogP contribution >= 0.6 is 0 Å². The van der Waals surface area contributed by atoms with Crippen molar-refractivity contribution in [2.75, 3.05) is 19.6 Å². The number of carbonyl (C=O) groups excluding carboxylic acids is 2. The minimum absolute atomic E-state index is 0.205. The Labute approximate surface area is 196 Å². The second kappa shape index (κ2) is 23.3. The number of amides is 2. The van der Waals surface area contributed by atoms with E-state index in [1.165, 1.54) is 94.1 Å². The lowest BCUT2D eigenvalue weighted by Gasteiger charge is -2.18. The Morgan fingerprint density at radius 2 is 1.16 bits per heavy atom. The maximum atomic E-state index is 12.1.